The van der Waals surface area contributed by atoms with Gasteiger partial charge in [-0.15, -0.1) is 0 Å². The monoisotopic (exact) mass is 363 g/mol. The summed E-state index contributed by atoms with van der Waals surface area (Å²) in [5, 5.41) is 13.4. The van der Waals surface area contributed by atoms with Crippen LogP contribution >= 0.6 is 0 Å². The molecule has 0 aromatic heterocycles. The number of amides is 1. The van der Waals surface area contributed by atoms with Gasteiger partial charge in [-0.1, -0.05) is 32.0 Å². The van der Waals surface area contributed by atoms with E-state index in [1.54, 1.807) is 44.2 Å². The molecule has 1 fully saturated rings. The summed E-state index contributed by atoms with van der Waals surface area (Å²) in [6.07, 6.45) is -2.56. The van der Waals surface area contributed by atoms with Gasteiger partial charge in [0.25, 0.3) is 0 Å². The third-order valence-corrected chi connectivity index (χ3v) is 4.84. The van der Waals surface area contributed by atoms with Crippen LogP contribution in [0.15, 0.2) is 30.3 Å². The van der Waals surface area contributed by atoms with Gasteiger partial charge in [0.05, 0.1) is 18.1 Å². The van der Waals surface area contributed by atoms with Crippen LogP contribution in [0.25, 0.3) is 0 Å². The molecule has 1 aliphatic heterocycles. The maximum Gasteiger partial charge on any atom is 0.338 e. The first-order valence-corrected chi connectivity index (χ1v) is 8.44. The molecule has 0 bridgehead atoms. The largest absolute Gasteiger partial charge is 0.467 e. The molecule has 3 atom stereocenters. The van der Waals surface area contributed by atoms with E-state index in [1.807, 2.05) is 0 Å². The van der Waals surface area contributed by atoms with E-state index in [4.69, 9.17) is 9.47 Å². The second kappa shape index (κ2) is 7.07. The first-order valence-electron chi connectivity index (χ1n) is 8.44. The van der Waals surface area contributed by atoms with Crippen LogP contribution in [0.4, 0.5) is 0 Å². The summed E-state index contributed by atoms with van der Waals surface area (Å²) in [5.74, 6) is -2.41. The van der Waals surface area contributed by atoms with Crippen molar-refractivity contribution in [2.45, 2.75) is 45.4 Å². The van der Waals surface area contributed by atoms with Gasteiger partial charge in [0.2, 0.25) is 11.4 Å². The van der Waals surface area contributed by atoms with E-state index in [1.165, 1.54) is 13.8 Å². The minimum atomic E-state index is -1.88. The first-order chi connectivity index (χ1) is 12.1. The van der Waals surface area contributed by atoms with Crippen molar-refractivity contribution in [3.8, 4) is 0 Å². The summed E-state index contributed by atoms with van der Waals surface area (Å²) >= 11 is 0. The lowest BCUT2D eigenvalue weighted by atomic mass is 9.74. The second-order valence-corrected chi connectivity index (χ2v) is 7.37. The smallest absolute Gasteiger partial charge is 0.338 e. The number of hydrogen-bond donors (Lipinski definition) is 2. The molecule has 0 radical (unpaired) electrons. The quantitative estimate of drug-likeness (QED) is 0.765. The number of nitrogens with one attached hydrogen (secondary N) is 1. The summed E-state index contributed by atoms with van der Waals surface area (Å²) in [6.45, 7) is 6.51. The first kappa shape index (κ1) is 19.9. The topological polar surface area (TPSA) is 102 Å². The number of methoxy groups -OCH3 is 1. The van der Waals surface area contributed by atoms with Gasteiger partial charge in [-0.05, 0) is 31.9 Å². The predicted octanol–water partition coefficient (Wildman–Crippen LogP) is 1.30. The van der Waals surface area contributed by atoms with Crippen LogP contribution in [-0.2, 0) is 19.1 Å². The molecule has 1 saturated heterocycles. The van der Waals surface area contributed by atoms with Gasteiger partial charge in [0.1, 0.15) is 12.2 Å². The Bertz CT molecular complexity index is 699. The van der Waals surface area contributed by atoms with E-state index >= 15 is 0 Å². The third-order valence-electron chi connectivity index (χ3n) is 4.84. The standard InChI is InChI=1S/C19H25NO6/c1-11(2)13(26-14(21)12-9-7-6-8-10-12)19(17(24)25-5)15(22)18(3,4)16(23)20-19/h6-11,13,15,22H,1-5H3,(H,20,23). The molecule has 7 nitrogen and oxygen atoms in total. The molecule has 1 aliphatic rings. The molecular formula is C19H25NO6. The van der Waals surface area contributed by atoms with Crippen molar-refractivity contribution >= 4 is 17.8 Å². The average molecular weight is 363 g/mol. The Morgan fingerprint density at radius 1 is 1.19 bits per heavy atom. The van der Waals surface area contributed by atoms with Crippen molar-refractivity contribution in [1.82, 2.24) is 5.32 Å². The minimum absolute atomic E-state index is 0.302. The normalized spacial score (nSPS) is 25.5. The van der Waals surface area contributed by atoms with Gasteiger partial charge >= 0.3 is 11.9 Å². The maximum atomic E-state index is 12.7. The molecule has 0 aliphatic carbocycles. The Kier molecular flexibility index (Phi) is 5.41. The summed E-state index contributed by atoms with van der Waals surface area (Å²) in [6, 6.07) is 8.30. The number of benzene rings is 1. The Hall–Kier alpha value is -2.41. The van der Waals surface area contributed by atoms with Crippen molar-refractivity contribution in [3.05, 3.63) is 35.9 Å². The number of aliphatic hydroxyl groups excluding tert-OH is 1. The zero-order chi connectivity index (χ0) is 19.7. The zero-order valence-corrected chi connectivity index (χ0v) is 15.6. The van der Waals surface area contributed by atoms with Crippen molar-refractivity contribution in [1.29, 1.82) is 0 Å². The highest BCUT2D eigenvalue weighted by Gasteiger charge is 2.67. The van der Waals surface area contributed by atoms with Gasteiger partial charge < -0.3 is 19.9 Å². The summed E-state index contributed by atoms with van der Waals surface area (Å²) in [4.78, 5) is 37.6. The Morgan fingerprint density at radius 2 is 1.77 bits per heavy atom. The lowest BCUT2D eigenvalue weighted by Gasteiger charge is -2.39. The van der Waals surface area contributed by atoms with Gasteiger partial charge in [-0.3, -0.25) is 4.79 Å². The number of rotatable bonds is 5. The Balaban J connectivity index is 2.48. The lowest BCUT2D eigenvalue weighted by molar-refractivity contribution is -0.164. The van der Waals surface area contributed by atoms with E-state index in [9.17, 15) is 19.5 Å². The van der Waals surface area contributed by atoms with E-state index in [-0.39, 0.29) is 5.92 Å². The number of hydrogen-bond acceptors (Lipinski definition) is 6. The number of ether oxygens (including phenoxy) is 2. The number of carbonyl (C=O) groups excluding carboxylic acids is 3. The van der Waals surface area contributed by atoms with Crippen LogP contribution < -0.4 is 5.32 Å². The highest BCUT2D eigenvalue weighted by molar-refractivity contribution is 5.97. The van der Waals surface area contributed by atoms with Gasteiger partial charge in [0.15, 0.2) is 0 Å². The molecule has 1 heterocycles. The molecular weight excluding hydrogens is 338 g/mol. The maximum absolute atomic E-state index is 12.7. The average Bonchev–Trinajstić information content (AvgIpc) is 2.80. The van der Waals surface area contributed by atoms with Crippen molar-refractivity contribution in [3.63, 3.8) is 0 Å². The van der Waals surface area contributed by atoms with Gasteiger partial charge in [-0.2, -0.15) is 0 Å². The van der Waals surface area contributed by atoms with Crippen LogP contribution in [-0.4, -0.2) is 47.8 Å². The molecule has 1 aromatic rings. The molecule has 0 spiro atoms. The Labute approximate surface area is 152 Å². The fraction of sp³-hybridized carbons (Fsp3) is 0.526. The molecule has 0 saturated carbocycles. The number of esters is 2. The predicted molar refractivity (Wildman–Crippen MR) is 93.2 cm³/mol. The number of aliphatic hydroxyl groups is 1. The van der Waals surface area contributed by atoms with Crippen LogP contribution in [0.5, 0.6) is 0 Å². The molecule has 1 amide bonds. The molecule has 142 valence electrons. The molecule has 2 N–H and O–H groups in total. The lowest BCUT2D eigenvalue weighted by Crippen LogP contribution is -2.66. The summed E-state index contributed by atoms with van der Waals surface area (Å²) in [7, 11) is 1.16. The highest BCUT2D eigenvalue weighted by atomic mass is 16.6. The van der Waals surface area contributed by atoms with E-state index in [0.717, 1.165) is 7.11 Å². The minimum Gasteiger partial charge on any atom is -0.467 e. The van der Waals surface area contributed by atoms with Crippen LogP contribution in [0.2, 0.25) is 0 Å². The van der Waals surface area contributed by atoms with Crippen LogP contribution in [0, 0.1) is 11.3 Å². The fourth-order valence-corrected chi connectivity index (χ4v) is 3.30. The number of carbonyl (C=O) groups is 3. The van der Waals surface area contributed by atoms with Crippen LogP contribution in [0.1, 0.15) is 38.1 Å². The molecule has 7 heteroatoms. The molecule has 3 unspecified atom stereocenters. The van der Waals surface area contributed by atoms with Gasteiger partial charge in [0, 0.05) is 0 Å². The van der Waals surface area contributed by atoms with Gasteiger partial charge in [-0.25, -0.2) is 9.59 Å². The molecule has 1 aromatic carbocycles. The third kappa shape index (κ3) is 3.07. The van der Waals surface area contributed by atoms with Crippen molar-refractivity contribution in [2.24, 2.45) is 11.3 Å². The van der Waals surface area contributed by atoms with E-state index in [2.05, 4.69) is 5.32 Å². The highest BCUT2D eigenvalue weighted by Crippen LogP contribution is 2.41. The zero-order valence-electron chi connectivity index (χ0n) is 15.6. The Morgan fingerprint density at radius 3 is 2.19 bits per heavy atom. The van der Waals surface area contributed by atoms with E-state index in [0.29, 0.717) is 5.56 Å². The molecule has 26 heavy (non-hydrogen) atoms. The molecule has 2 rings (SSSR count). The van der Waals surface area contributed by atoms with Crippen molar-refractivity contribution in [2.75, 3.05) is 7.11 Å². The SMILES string of the molecule is COC(=O)C1(C(OC(=O)c2ccccc2)C(C)C)NC(=O)C(C)(C)C1O. The van der Waals surface area contributed by atoms with Crippen LogP contribution in [0.3, 0.4) is 0 Å². The summed E-state index contributed by atoms with van der Waals surface area (Å²) < 4.78 is 10.5. The van der Waals surface area contributed by atoms with E-state index < -0.39 is 41.0 Å². The fourth-order valence-electron chi connectivity index (χ4n) is 3.30. The summed E-state index contributed by atoms with van der Waals surface area (Å²) in [5.41, 5.74) is -2.83. The van der Waals surface area contributed by atoms with Crippen molar-refractivity contribution < 1.29 is 29.0 Å². The second-order valence-electron chi connectivity index (χ2n) is 7.37.